The van der Waals surface area contributed by atoms with Gasteiger partial charge in [0, 0.05) is 24.7 Å². The summed E-state index contributed by atoms with van der Waals surface area (Å²) in [4.78, 5) is 25.3. The monoisotopic (exact) mass is 364 g/mol. The van der Waals surface area contributed by atoms with Gasteiger partial charge in [-0.2, -0.15) is 0 Å². The Bertz CT molecular complexity index is 868. The first-order valence-corrected chi connectivity index (χ1v) is 8.14. The highest BCUT2D eigenvalue weighted by Crippen LogP contribution is 2.25. The summed E-state index contributed by atoms with van der Waals surface area (Å²) in [5.74, 6) is -3.47. The summed E-state index contributed by atoms with van der Waals surface area (Å²) in [6.45, 7) is 3.87. The quantitative estimate of drug-likeness (QED) is 0.892. The topological polar surface area (TPSA) is 88.3 Å². The molecule has 7 nitrogen and oxygen atoms in total. The number of aromatic nitrogens is 3. The lowest BCUT2D eigenvalue weighted by molar-refractivity contribution is -0.142. The average molecular weight is 364 g/mol. The minimum atomic E-state index is -0.931. The van der Waals surface area contributed by atoms with E-state index in [1.54, 1.807) is 13.8 Å². The Morgan fingerprint density at radius 3 is 2.65 bits per heavy atom. The molecule has 0 unspecified atom stereocenters. The summed E-state index contributed by atoms with van der Waals surface area (Å²) < 4.78 is 28.2. The van der Waals surface area contributed by atoms with Gasteiger partial charge in [-0.1, -0.05) is 18.2 Å². The molecule has 9 heteroatoms. The first kappa shape index (κ1) is 18.0. The van der Waals surface area contributed by atoms with Crippen molar-refractivity contribution in [3.8, 4) is 0 Å². The summed E-state index contributed by atoms with van der Waals surface area (Å²) in [7, 11) is 0. The van der Waals surface area contributed by atoms with Crippen molar-refractivity contribution in [3.05, 3.63) is 46.8 Å². The van der Waals surface area contributed by atoms with E-state index < -0.39 is 29.4 Å². The Morgan fingerprint density at radius 1 is 1.31 bits per heavy atom. The van der Waals surface area contributed by atoms with Crippen LogP contribution in [-0.2, 0) is 11.3 Å². The Morgan fingerprint density at radius 2 is 2.04 bits per heavy atom. The Hall–Kier alpha value is -2.84. The standard InChI is InChI=1S/C17H18F2N4O3/c1-9-6-22(8-13(9)17(25)26)16(24)15-10(2)23(21-20-15)7-11-3-4-12(18)5-14(11)19/h3-5,9,13H,6-8H2,1-2H3,(H,25,26)/t9-,13-/m1/s1. The van der Waals surface area contributed by atoms with Crippen molar-refractivity contribution in [2.45, 2.75) is 20.4 Å². The third-order valence-electron chi connectivity index (χ3n) is 4.74. The predicted octanol–water partition coefficient (Wildman–Crippen LogP) is 1.71. The molecule has 1 N–H and O–H groups in total. The van der Waals surface area contributed by atoms with Crippen LogP contribution in [0.15, 0.2) is 18.2 Å². The minimum Gasteiger partial charge on any atom is -0.481 e. The van der Waals surface area contributed by atoms with Crippen molar-refractivity contribution in [1.82, 2.24) is 19.9 Å². The average Bonchev–Trinajstić information content (AvgIpc) is 3.13. The number of amides is 1. The first-order chi connectivity index (χ1) is 12.3. The van der Waals surface area contributed by atoms with Crippen LogP contribution in [0, 0.1) is 30.4 Å². The highest BCUT2D eigenvalue weighted by molar-refractivity contribution is 5.93. The third kappa shape index (κ3) is 3.29. The van der Waals surface area contributed by atoms with Crippen LogP contribution in [0.1, 0.15) is 28.7 Å². The summed E-state index contributed by atoms with van der Waals surface area (Å²) in [5, 5.41) is 16.9. The van der Waals surface area contributed by atoms with Gasteiger partial charge in [0.2, 0.25) is 0 Å². The molecule has 2 heterocycles. The largest absolute Gasteiger partial charge is 0.481 e. The summed E-state index contributed by atoms with van der Waals surface area (Å²) in [6.07, 6.45) is 0. The number of rotatable bonds is 4. The molecular weight excluding hydrogens is 346 g/mol. The van der Waals surface area contributed by atoms with E-state index in [4.69, 9.17) is 0 Å². The number of benzene rings is 1. The van der Waals surface area contributed by atoms with Crippen molar-refractivity contribution >= 4 is 11.9 Å². The van der Waals surface area contributed by atoms with Gasteiger partial charge in [-0.3, -0.25) is 9.59 Å². The highest BCUT2D eigenvalue weighted by Gasteiger charge is 2.38. The van der Waals surface area contributed by atoms with Crippen LogP contribution < -0.4 is 0 Å². The zero-order valence-electron chi connectivity index (χ0n) is 14.3. The number of hydrogen-bond acceptors (Lipinski definition) is 4. The Balaban J connectivity index is 1.78. The lowest BCUT2D eigenvalue weighted by Gasteiger charge is -2.14. The van der Waals surface area contributed by atoms with Crippen LogP contribution in [0.2, 0.25) is 0 Å². The number of carboxylic acids is 1. The summed E-state index contributed by atoms with van der Waals surface area (Å²) in [6, 6.07) is 3.24. The van der Waals surface area contributed by atoms with Crippen LogP contribution in [0.25, 0.3) is 0 Å². The molecule has 2 atom stereocenters. The third-order valence-corrected chi connectivity index (χ3v) is 4.74. The lowest BCUT2D eigenvalue weighted by atomic mass is 9.99. The minimum absolute atomic E-state index is 0.00633. The normalized spacial score (nSPS) is 19.8. The molecule has 1 fully saturated rings. The van der Waals surface area contributed by atoms with E-state index in [1.807, 2.05) is 0 Å². The molecule has 1 saturated heterocycles. The number of nitrogens with zero attached hydrogens (tertiary/aromatic N) is 4. The molecule has 1 aliphatic rings. The van der Waals surface area contributed by atoms with E-state index in [-0.39, 0.29) is 30.3 Å². The number of carbonyl (C=O) groups excluding carboxylic acids is 1. The fraction of sp³-hybridized carbons (Fsp3) is 0.412. The lowest BCUT2D eigenvalue weighted by Crippen LogP contribution is -2.30. The fourth-order valence-corrected chi connectivity index (χ4v) is 3.12. The molecule has 138 valence electrons. The maximum Gasteiger partial charge on any atom is 0.308 e. The van der Waals surface area contributed by atoms with Crippen molar-refractivity contribution in [2.24, 2.45) is 11.8 Å². The molecular formula is C17H18F2N4O3. The van der Waals surface area contributed by atoms with Crippen LogP contribution in [0.4, 0.5) is 8.78 Å². The van der Waals surface area contributed by atoms with Gasteiger partial charge in [0.1, 0.15) is 11.6 Å². The summed E-state index contributed by atoms with van der Waals surface area (Å²) in [5.41, 5.74) is 0.759. The smallest absolute Gasteiger partial charge is 0.308 e. The molecule has 0 radical (unpaired) electrons. The van der Waals surface area contributed by atoms with Gasteiger partial charge in [-0.05, 0) is 18.9 Å². The van der Waals surface area contributed by atoms with Gasteiger partial charge in [0.25, 0.3) is 5.91 Å². The van der Waals surface area contributed by atoms with Crippen LogP contribution in [0.3, 0.4) is 0 Å². The SMILES string of the molecule is Cc1c(C(=O)N2C[C@@H](C)[C@H](C(=O)O)C2)nnn1Cc1ccc(F)cc1F. The molecule has 1 aliphatic heterocycles. The second-order valence-electron chi connectivity index (χ2n) is 6.55. The van der Waals surface area contributed by atoms with Crippen LogP contribution in [-0.4, -0.2) is 50.0 Å². The van der Waals surface area contributed by atoms with E-state index in [0.717, 1.165) is 12.1 Å². The molecule has 1 amide bonds. The number of carbonyl (C=O) groups is 2. The van der Waals surface area contributed by atoms with Crippen LogP contribution >= 0.6 is 0 Å². The van der Waals surface area contributed by atoms with E-state index in [2.05, 4.69) is 10.3 Å². The number of halogens is 2. The maximum absolute atomic E-state index is 13.8. The van der Waals surface area contributed by atoms with Crippen molar-refractivity contribution < 1.29 is 23.5 Å². The molecule has 3 rings (SSSR count). The second kappa shape index (κ2) is 6.81. The molecule has 0 bridgehead atoms. The fourth-order valence-electron chi connectivity index (χ4n) is 3.12. The van der Waals surface area contributed by atoms with Gasteiger partial charge in [-0.25, -0.2) is 13.5 Å². The van der Waals surface area contributed by atoms with E-state index >= 15 is 0 Å². The van der Waals surface area contributed by atoms with Crippen LogP contribution in [0.5, 0.6) is 0 Å². The number of carboxylic acid groups (broad SMARTS) is 1. The van der Waals surface area contributed by atoms with Gasteiger partial charge >= 0.3 is 5.97 Å². The molecule has 1 aromatic heterocycles. The number of aliphatic carboxylic acids is 1. The van der Waals surface area contributed by atoms with Crippen molar-refractivity contribution in [1.29, 1.82) is 0 Å². The molecule has 0 saturated carbocycles. The van der Waals surface area contributed by atoms with Gasteiger partial charge in [0.15, 0.2) is 5.69 Å². The predicted molar refractivity (Wildman–Crippen MR) is 86.4 cm³/mol. The zero-order chi connectivity index (χ0) is 19.0. The molecule has 2 aromatic rings. The maximum atomic E-state index is 13.8. The van der Waals surface area contributed by atoms with E-state index in [9.17, 15) is 23.5 Å². The highest BCUT2D eigenvalue weighted by atomic mass is 19.1. The van der Waals surface area contributed by atoms with Gasteiger partial charge in [-0.15, -0.1) is 5.10 Å². The molecule has 1 aromatic carbocycles. The van der Waals surface area contributed by atoms with Gasteiger partial charge < -0.3 is 10.0 Å². The Labute approximate surface area is 148 Å². The molecule has 26 heavy (non-hydrogen) atoms. The number of likely N-dealkylation sites (tertiary alicyclic amines) is 1. The van der Waals surface area contributed by atoms with E-state index in [1.165, 1.54) is 15.6 Å². The molecule has 0 spiro atoms. The van der Waals surface area contributed by atoms with Gasteiger partial charge in [0.05, 0.1) is 18.2 Å². The van der Waals surface area contributed by atoms with E-state index in [0.29, 0.717) is 12.2 Å². The number of hydrogen-bond donors (Lipinski definition) is 1. The first-order valence-electron chi connectivity index (χ1n) is 8.14. The molecule has 0 aliphatic carbocycles. The zero-order valence-corrected chi connectivity index (χ0v) is 14.3. The Kier molecular flexibility index (Phi) is 4.71. The van der Waals surface area contributed by atoms with Crippen molar-refractivity contribution in [2.75, 3.05) is 13.1 Å². The second-order valence-corrected chi connectivity index (χ2v) is 6.55. The van der Waals surface area contributed by atoms with Crippen molar-refractivity contribution in [3.63, 3.8) is 0 Å². The summed E-state index contributed by atoms with van der Waals surface area (Å²) >= 11 is 0.